The van der Waals surface area contributed by atoms with Crippen molar-refractivity contribution in [2.45, 2.75) is 25.7 Å². The number of hydrogen-bond donors (Lipinski definition) is 2. The molecule has 0 radical (unpaired) electrons. The van der Waals surface area contributed by atoms with E-state index in [1.165, 1.54) is 0 Å². The van der Waals surface area contributed by atoms with E-state index in [0.29, 0.717) is 36.6 Å². The monoisotopic (exact) mass is 468 g/mol. The van der Waals surface area contributed by atoms with Gasteiger partial charge in [0, 0.05) is 23.4 Å². The number of nitrogens with one attached hydrogen (secondary N) is 2. The highest BCUT2D eigenvalue weighted by Crippen LogP contribution is 2.28. The summed E-state index contributed by atoms with van der Waals surface area (Å²) in [5.74, 6) is 0.958. The van der Waals surface area contributed by atoms with Crippen LogP contribution in [0.1, 0.15) is 27.2 Å². The highest BCUT2D eigenvalue weighted by Gasteiger charge is 2.28. The summed E-state index contributed by atoms with van der Waals surface area (Å²) in [6.07, 6.45) is 1.53. The Morgan fingerprint density at radius 3 is 2.51 bits per heavy atom. The van der Waals surface area contributed by atoms with Crippen LogP contribution in [0.2, 0.25) is 0 Å². The first-order valence-electron chi connectivity index (χ1n) is 11.3. The van der Waals surface area contributed by atoms with Crippen molar-refractivity contribution in [3.63, 3.8) is 0 Å². The van der Waals surface area contributed by atoms with Gasteiger partial charge >= 0.3 is 0 Å². The van der Waals surface area contributed by atoms with Gasteiger partial charge in [-0.25, -0.2) is 0 Å². The maximum absolute atomic E-state index is 12.8. The van der Waals surface area contributed by atoms with Crippen molar-refractivity contribution >= 4 is 23.2 Å². The molecule has 7 heteroatoms. The topological polar surface area (TPSA) is 89.8 Å². The summed E-state index contributed by atoms with van der Waals surface area (Å²) in [5, 5.41) is 5.75. The lowest BCUT2D eigenvalue weighted by atomic mass is 10.1. The molecule has 2 amide bonds. The number of carbonyl (C=O) groups is 2. The van der Waals surface area contributed by atoms with Crippen molar-refractivity contribution in [3.8, 4) is 5.75 Å². The first kappa shape index (κ1) is 22.4. The standard InChI is InChI=1S/C28H24N2O5/c31-27(29-22-9-3-6-19(14-22)17-33-18-24-11-5-13-34-24)21-8-4-10-23(15-21)30-28(32)26-16-20-7-1-2-12-25(20)35-26/h1-15,26H,16-18H2,(H,29,31)(H,30,32). The zero-order chi connectivity index (χ0) is 24.0. The number of benzene rings is 3. The lowest BCUT2D eigenvalue weighted by Gasteiger charge is -2.12. The Morgan fingerprint density at radius 1 is 0.857 bits per heavy atom. The number of carbonyl (C=O) groups excluding carboxylic acids is 2. The second-order valence-corrected chi connectivity index (χ2v) is 8.22. The molecule has 1 aromatic heterocycles. The van der Waals surface area contributed by atoms with Gasteiger partial charge in [-0.05, 0) is 59.7 Å². The van der Waals surface area contributed by atoms with Crippen LogP contribution in [0.25, 0.3) is 0 Å². The molecule has 5 rings (SSSR count). The van der Waals surface area contributed by atoms with Crippen LogP contribution in [0.4, 0.5) is 11.4 Å². The van der Waals surface area contributed by atoms with E-state index in [2.05, 4.69) is 10.6 Å². The summed E-state index contributed by atoms with van der Waals surface area (Å²) in [6, 6.07) is 25.6. The van der Waals surface area contributed by atoms with E-state index in [1.807, 2.05) is 60.7 Å². The molecule has 1 aliphatic rings. The molecule has 7 nitrogen and oxygen atoms in total. The Hall–Kier alpha value is -4.36. The van der Waals surface area contributed by atoms with Gasteiger partial charge in [-0.15, -0.1) is 0 Å². The highest BCUT2D eigenvalue weighted by molar-refractivity contribution is 6.05. The van der Waals surface area contributed by atoms with Gasteiger partial charge in [0.25, 0.3) is 11.8 Å². The van der Waals surface area contributed by atoms with Gasteiger partial charge < -0.3 is 24.5 Å². The molecule has 0 saturated heterocycles. The van der Waals surface area contributed by atoms with Crippen LogP contribution < -0.4 is 15.4 Å². The van der Waals surface area contributed by atoms with Gasteiger partial charge in [-0.1, -0.05) is 36.4 Å². The van der Waals surface area contributed by atoms with E-state index >= 15 is 0 Å². The summed E-state index contributed by atoms with van der Waals surface area (Å²) >= 11 is 0. The third-order valence-corrected chi connectivity index (χ3v) is 5.61. The van der Waals surface area contributed by atoms with Gasteiger partial charge in [0.05, 0.1) is 12.9 Å². The van der Waals surface area contributed by atoms with Crippen LogP contribution >= 0.6 is 0 Å². The fraction of sp³-hybridized carbons (Fsp3) is 0.143. The molecule has 1 aliphatic heterocycles. The predicted octanol–water partition coefficient (Wildman–Crippen LogP) is 5.19. The third-order valence-electron chi connectivity index (χ3n) is 5.61. The number of ether oxygens (including phenoxy) is 2. The molecule has 0 aliphatic carbocycles. The minimum absolute atomic E-state index is 0.249. The fourth-order valence-electron chi connectivity index (χ4n) is 3.90. The van der Waals surface area contributed by atoms with Crippen molar-refractivity contribution in [1.82, 2.24) is 0 Å². The number of para-hydroxylation sites is 1. The summed E-state index contributed by atoms with van der Waals surface area (Å²) in [7, 11) is 0. The molecule has 1 atom stereocenters. The first-order valence-corrected chi connectivity index (χ1v) is 11.3. The van der Waals surface area contributed by atoms with Crippen LogP contribution in [0.5, 0.6) is 5.75 Å². The predicted molar refractivity (Wildman–Crippen MR) is 131 cm³/mol. The highest BCUT2D eigenvalue weighted by atomic mass is 16.5. The van der Waals surface area contributed by atoms with Gasteiger partial charge in [0.1, 0.15) is 18.1 Å². The Balaban J connectivity index is 1.17. The van der Waals surface area contributed by atoms with Gasteiger partial charge in [0.2, 0.25) is 0 Å². The normalized spacial score (nSPS) is 14.1. The third kappa shape index (κ3) is 5.59. The maximum atomic E-state index is 12.8. The number of rotatable bonds is 8. The molecule has 4 aromatic rings. The summed E-state index contributed by atoms with van der Waals surface area (Å²) < 4.78 is 16.7. The Kier molecular flexibility index (Phi) is 6.59. The largest absolute Gasteiger partial charge is 0.480 e. The van der Waals surface area contributed by atoms with Gasteiger partial charge in [-0.3, -0.25) is 9.59 Å². The minimum Gasteiger partial charge on any atom is -0.480 e. The van der Waals surface area contributed by atoms with Crippen molar-refractivity contribution in [2.75, 3.05) is 10.6 Å². The molecule has 2 heterocycles. The Bertz CT molecular complexity index is 1310. The summed E-state index contributed by atoms with van der Waals surface area (Å²) in [6.45, 7) is 0.763. The Labute approximate surface area is 202 Å². The average Bonchev–Trinajstić information content (AvgIpc) is 3.54. The SMILES string of the molecule is O=C(Nc1cccc(COCc2ccco2)c1)c1cccc(NC(=O)C2Cc3ccccc3O2)c1. The quantitative estimate of drug-likeness (QED) is 0.371. The van der Waals surface area contributed by atoms with E-state index in [-0.39, 0.29) is 11.8 Å². The molecule has 2 N–H and O–H groups in total. The van der Waals surface area contributed by atoms with E-state index in [9.17, 15) is 9.59 Å². The van der Waals surface area contributed by atoms with Crippen molar-refractivity contribution in [3.05, 3.63) is 114 Å². The van der Waals surface area contributed by atoms with Crippen molar-refractivity contribution in [2.24, 2.45) is 0 Å². The molecule has 0 spiro atoms. The average molecular weight is 469 g/mol. The summed E-state index contributed by atoms with van der Waals surface area (Å²) in [4.78, 5) is 25.5. The molecule has 35 heavy (non-hydrogen) atoms. The van der Waals surface area contributed by atoms with Crippen LogP contribution in [-0.4, -0.2) is 17.9 Å². The van der Waals surface area contributed by atoms with Crippen LogP contribution in [0.15, 0.2) is 95.6 Å². The smallest absolute Gasteiger partial charge is 0.265 e. The fourth-order valence-corrected chi connectivity index (χ4v) is 3.90. The molecule has 3 aromatic carbocycles. The van der Waals surface area contributed by atoms with Crippen molar-refractivity contribution in [1.29, 1.82) is 0 Å². The van der Waals surface area contributed by atoms with Gasteiger partial charge in [-0.2, -0.15) is 0 Å². The lowest BCUT2D eigenvalue weighted by Crippen LogP contribution is -2.31. The van der Waals surface area contributed by atoms with Gasteiger partial charge in [0.15, 0.2) is 6.10 Å². The lowest BCUT2D eigenvalue weighted by molar-refractivity contribution is -0.122. The Morgan fingerprint density at radius 2 is 1.69 bits per heavy atom. The number of furan rings is 1. The second-order valence-electron chi connectivity index (χ2n) is 8.22. The molecule has 176 valence electrons. The van der Waals surface area contributed by atoms with E-state index in [1.54, 1.807) is 30.5 Å². The molecule has 0 fully saturated rings. The van der Waals surface area contributed by atoms with Crippen LogP contribution in [0, 0.1) is 0 Å². The van der Waals surface area contributed by atoms with Crippen LogP contribution in [0.3, 0.4) is 0 Å². The molecular formula is C28H24N2O5. The van der Waals surface area contributed by atoms with E-state index in [0.717, 1.165) is 22.6 Å². The number of amides is 2. The number of hydrogen-bond acceptors (Lipinski definition) is 5. The van der Waals surface area contributed by atoms with E-state index < -0.39 is 6.10 Å². The maximum Gasteiger partial charge on any atom is 0.265 e. The number of fused-ring (bicyclic) bond motifs is 1. The second kappa shape index (κ2) is 10.3. The minimum atomic E-state index is -0.595. The number of anilines is 2. The molecular weight excluding hydrogens is 444 g/mol. The molecule has 0 bridgehead atoms. The molecule has 1 unspecified atom stereocenters. The van der Waals surface area contributed by atoms with Crippen LogP contribution in [-0.2, 0) is 29.2 Å². The van der Waals surface area contributed by atoms with Crippen molar-refractivity contribution < 1.29 is 23.5 Å². The zero-order valence-electron chi connectivity index (χ0n) is 18.9. The molecule has 0 saturated carbocycles. The summed E-state index contributed by atoms with van der Waals surface area (Å²) in [5.41, 5.74) is 3.54. The zero-order valence-corrected chi connectivity index (χ0v) is 18.9. The van der Waals surface area contributed by atoms with E-state index in [4.69, 9.17) is 13.9 Å². The first-order chi connectivity index (χ1) is 17.1.